The quantitative estimate of drug-likeness (QED) is 0.699. The van der Waals surface area contributed by atoms with Crippen LogP contribution in [0, 0.1) is 11.8 Å². The molecule has 1 aliphatic rings. The summed E-state index contributed by atoms with van der Waals surface area (Å²) in [4.78, 5) is 27.7. The molecule has 2 heterocycles. The number of nitrogens with one attached hydrogen (secondary N) is 2. The predicted molar refractivity (Wildman–Crippen MR) is 117 cm³/mol. The molecular weight excluding hydrogens is 378 g/mol. The molecule has 30 heavy (non-hydrogen) atoms. The van der Waals surface area contributed by atoms with Gasteiger partial charge in [-0.25, -0.2) is 0 Å². The molecule has 1 aromatic carbocycles. The van der Waals surface area contributed by atoms with Crippen LogP contribution in [-0.4, -0.2) is 41.9 Å². The molecule has 162 valence electrons. The Morgan fingerprint density at radius 3 is 2.40 bits per heavy atom. The van der Waals surface area contributed by atoms with Crippen LogP contribution in [0.25, 0.3) is 0 Å². The molecule has 0 fully saturated rings. The molecule has 6 nitrogen and oxygen atoms in total. The number of carbonyl (C=O) groups is 2. The lowest BCUT2D eigenvalue weighted by molar-refractivity contribution is -0.124. The summed E-state index contributed by atoms with van der Waals surface area (Å²) < 4.78 is 5.14. The molecule has 0 spiro atoms. The maximum absolute atomic E-state index is 12.9. The Balaban J connectivity index is 1.61. The van der Waals surface area contributed by atoms with E-state index in [1.54, 1.807) is 12.1 Å². The van der Waals surface area contributed by atoms with Gasteiger partial charge in [-0.2, -0.15) is 0 Å². The molecule has 0 unspecified atom stereocenters. The molecule has 2 amide bonds. The van der Waals surface area contributed by atoms with Crippen LogP contribution in [-0.2, 0) is 17.8 Å². The van der Waals surface area contributed by atoms with Gasteiger partial charge in [0, 0.05) is 25.7 Å². The molecule has 0 saturated heterocycles. The molecule has 3 rings (SSSR count). The fourth-order valence-corrected chi connectivity index (χ4v) is 4.06. The Hall–Kier alpha value is -2.60. The maximum atomic E-state index is 12.9. The van der Waals surface area contributed by atoms with Gasteiger partial charge in [0.2, 0.25) is 5.91 Å². The highest BCUT2D eigenvalue weighted by Crippen LogP contribution is 2.23. The third-order valence-corrected chi connectivity index (χ3v) is 5.86. The van der Waals surface area contributed by atoms with E-state index in [1.165, 1.54) is 17.4 Å². The van der Waals surface area contributed by atoms with Gasteiger partial charge in [-0.05, 0) is 41.5 Å². The van der Waals surface area contributed by atoms with Crippen molar-refractivity contribution < 1.29 is 14.0 Å². The van der Waals surface area contributed by atoms with Crippen molar-refractivity contribution in [3.05, 3.63) is 59.5 Å². The van der Waals surface area contributed by atoms with Crippen molar-refractivity contribution >= 4 is 11.8 Å². The number of benzene rings is 1. The predicted octanol–water partition coefficient (Wildman–Crippen LogP) is 3.23. The monoisotopic (exact) mass is 411 g/mol. The summed E-state index contributed by atoms with van der Waals surface area (Å²) in [7, 11) is 0. The highest BCUT2D eigenvalue weighted by molar-refractivity contribution is 5.95. The van der Waals surface area contributed by atoms with Crippen molar-refractivity contribution in [2.24, 2.45) is 11.8 Å². The van der Waals surface area contributed by atoms with Crippen LogP contribution in [0.1, 0.15) is 49.4 Å². The Morgan fingerprint density at radius 2 is 1.77 bits per heavy atom. The van der Waals surface area contributed by atoms with E-state index in [4.69, 9.17) is 4.42 Å². The van der Waals surface area contributed by atoms with E-state index >= 15 is 0 Å². The average Bonchev–Trinajstić information content (AvgIpc) is 3.26. The van der Waals surface area contributed by atoms with E-state index < -0.39 is 6.04 Å². The van der Waals surface area contributed by atoms with Gasteiger partial charge in [-0.3, -0.25) is 14.5 Å². The zero-order valence-electron chi connectivity index (χ0n) is 18.4. The molecule has 1 aliphatic heterocycles. The molecule has 6 heteroatoms. The second-order valence-electron chi connectivity index (χ2n) is 8.72. The molecule has 2 N–H and O–H groups in total. The largest absolute Gasteiger partial charge is 0.459 e. The lowest BCUT2D eigenvalue weighted by atomic mass is 9.95. The first-order chi connectivity index (χ1) is 14.4. The maximum Gasteiger partial charge on any atom is 0.287 e. The van der Waals surface area contributed by atoms with Crippen LogP contribution in [0.3, 0.4) is 0 Å². The zero-order chi connectivity index (χ0) is 21.7. The summed E-state index contributed by atoms with van der Waals surface area (Å²) in [5, 5.41) is 5.90. The number of amides is 2. The highest BCUT2D eigenvalue weighted by atomic mass is 16.3. The Bertz CT molecular complexity index is 845. The summed E-state index contributed by atoms with van der Waals surface area (Å²) >= 11 is 0. The van der Waals surface area contributed by atoms with E-state index in [0.29, 0.717) is 12.5 Å². The van der Waals surface area contributed by atoms with E-state index in [9.17, 15) is 9.59 Å². The SMILES string of the molecule is CC(C)[C@H](NC(=O)c1ccco1)C(=O)NC[C@@H](C(C)C)N1CCc2ccccc2C1. The minimum absolute atomic E-state index is 0.0386. The van der Waals surface area contributed by atoms with Crippen LogP contribution in [0.5, 0.6) is 0 Å². The second-order valence-corrected chi connectivity index (χ2v) is 8.72. The van der Waals surface area contributed by atoms with Crippen molar-refractivity contribution in [1.82, 2.24) is 15.5 Å². The first-order valence-corrected chi connectivity index (χ1v) is 10.8. The molecule has 2 atom stereocenters. The molecule has 2 aromatic rings. The summed E-state index contributed by atoms with van der Waals surface area (Å²) in [6.07, 6.45) is 2.48. The van der Waals surface area contributed by atoms with Crippen LogP contribution >= 0.6 is 0 Å². The minimum Gasteiger partial charge on any atom is -0.459 e. The number of hydrogen-bond acceptors (Lipinski definition) is 4. The summed E-state index contributed by atoms with van der Waals surface area (Å²) in [5.74, 6) is 0.0319. The van der Waals surface area contributed by atoms with E-state index in [2.05, 4.69) is 53.6 Å². The van der Waals surface area contributed by atoms with Crippen LogP contribution in [0.2, 0.25) is 0 Å². The van der Waals surface area contributed by atoms with Gasteiger partial charge in [0.15, 0.2) is 5.76 Å². The molecule has 1 aromatic heterocycles. The normalized spacial score (nSPS) is 16.2. The van der Waals surface area contributed by atoms with Gasteiger partial charge in [0.25, 0.3) is 5.91 Å². The lowest BCUT2D eigenvalue weighted by Gasteiger charge is -2.38. The highest BCUT2D eigenvalue weighted by Gasteiger charge is 2.29. The molecule has 0 bridgehead atoms. The van der Waals surface area contributed by atoms with Crippen molar-refractivity contribution in [2.75, 3.05) is 13.1 Å². The van der Waals surface area contributed by atoms with Crippen molar-refractivity contribution in [3.63, 3.8) is 0 Å². The average molecular weight is 412 g/mol. The number of nitrogens with zero attached hydrogens (tertiary/aromatic N) is 1. The fraction of sp³-hybridized carbons (Fsp3) is 0.500. The molecule has 0 saturated carbocycles. The summed E-state index contributed by atoms with van der Waals surface area (Å²) in [5.41, 5.74) is 2.78. The van der Waals surface area contributed by atoms with Gasteiger partial charge in [0.05, 0.1) is 6.26 Å². The molecule has 0 aliphatic carbocycles. The van der Waals surface area contributed by atoms with E-state index in [1.807, 2.05) is 13.8 Å². The van der Waals surface area contributed by atoms with Gasteiger partial charge in [-0.15, -0.1) is 0 Å². The number of rotatable bonds is 8. The van der Waals surface area contributed by atoms with Gasteiger partial charge < -0.3 is 15.1 Å². The molecular formula is C24H33N3O3. The number of hydrogen-bond donors (Lipinski definition) is 2. The summed E-state index contributed by atoms with van der Waals surface area (Å²) in [6.45, 7) is 10.7. The third-order valence-electron chi connectivity index (χ3n) is 5.86. The van der Waals surface area contributed by atoms with Gasteiger partial charge in [-0.1, -0.05) is 52.0 Å². The Morgan fingerprint density at radius 1 is 1.03 bits per heavy atom. The van der Waals surface area contributed by atoms with Gasteiger partial charge >= 0.3 is 0 Å². The van der Waals surface area contributed by atoms with Crippen molar-refractivity contribution in [1.29, 1.82) is 0 Å². The Labute approximate surface area is 179 Å². The number of carbonyl (C=O) groups excluding carboxylic acids is 2. The standard InChI is InChI=1S/C24H33N3O3/c1-16(2)20(27-12-11-18-8-5-6-9-19(18)15-27)14-25-24(29)22(17(3)4)26-23(28)21-10-7-13-30-21/h5-10,13,16-17,20,22H,11-12,14-15H2,1-4H3,(H,25,29)(H,26,28)/t20-,22-/m0/s1. The number of fused-ring (bicyclic) bond motifs is 1. The van der Waals surface area contributed by atoms with Crippen LogP contribution < -0.4 is 10.6 Å². The minimum atomic E-state index is -0.613. The van der Waals surface area contributed by atoms with Crippen LogP contribution in [0.15, 0.2) is 47.1 Å². The van der Waals surface area contributed by atoms with E-state index in [-0.39, 0.29) is 29.5 Å². The van der Waals surface area contributed by atoms with Crippen LogP contribution in [0.4, 0.5) is 0 Å². The van der Waals surface area contributed by atoms with E-state index in [0.717, 1.165) is 19.5 Å². The first kappa shape index (κ1) is 22.1. The molecule has 0 radical (unpaired) electrons. The van der Waals surface area contributed by atoms with Gasteiger partial charge in [0.1, 0.15) is 6.04 Å². The smallest absolute Gasteiger partial charge is 0.287 e. The topological polar surface area (TPSA) is 74.6 Å². The zero-order valence-corrected chi connectivity index (χ0v) is 18.4. The Kier molecular flexibility index (Phi) is 7.32. The van der Waals surface area contributed by atoms with Crippen molar-refractivity contribution in [2.45, 2.75) is 52.7 Å². The first-order valence-electron chi connectivity index (χ1n) is 10.8. The van der Waals surface area contributed by atoms with Crippen molar-refractivity contribution in [3.8, 4) is 0 Å². The lowest BCUT2D eigenvalue weighted by Crippen LogP contribution is -2.54. The fourth-order valence-electron chi connectivity index (χ4n) is 4.06. The number of furan rings is 1. The summed E-state index contributed by atoms with van der Waals surface area (Å²) in [6, 6.07) is 11.4. The third kappa shape index (κ3) is 5.30. The second kappa shape index (κ2) is 9.94.